The molecular weight excluding hydrogens is 215 g/mol. The first-order valence-corrected chi connectivity index (χ1v) is 5.69. The fourth-order valence-electron chi connectivity index (χ4n) is 2.89. The van der Waals surface area contributed by atoms with Crippen LogP contribution in [0.3, 0.4) is 0 Å². The molecule has 2 bridgehead atoms. The fourth-order valence-corrected chi connectivity index (χ4v) is 3.05. The average Bonchev–Trinajstić information content (AvgIpc) is 2.83. The maximum absolute atomic E-state index is 13.8. The first-order chi connectivity index (χ1) is 7.25. The van der Waals surface area contributed by atoms with Gasteiger partial charge in [0.05, 0.1) is 0 Å². The third-order valence-electron chi connectivity index (χ3n) is 3.58. The Bertz CT molecular complexity index is 396. The van der Waals surface area contributed by atoms with Crippen molar-refractivity contribution in [2.24, 2.45) is 0 Å². The largest absolute Gasteiger partial charge is 0.311 e. The number of pyridine rings is 1. The van der Waals surface area contributed by atoms with E-state index in [1.54, 1.807) is 12.3 Å². The summed E-state index contributed by atoms with van der Waals surface area (Å²) in [4.78, 5) is 3.74. The molecular formula is C11H12ClFN2. The van der Waals surface area contributed by atoms with Crippen LogP contribution in [0.2, 0.25) is 5.15 Å². The van der Waals surface area contributed by atoms with Gasteiger partial charge in [-0.2, -0.15) is 0 Å². The molecule has 2 fully saturated rings. The maximum atomic E-state index is 13.8. The van der Waals surface area contributed by atoms with Gasteiger partial charge >= 0.3 is 0 Å². The van der Waals surface area contributed by atoms with Gasteiger partial charge in [0.25, 0.3) is 0 Å². The zero-order valence-electron chi connectivity index (χ0n) is 8.21. The third-order valence-corrected chi connectivity index (χ3v) is 3.84. The molecule has 0 saturated carbocycles. The molecule has 0 aromatic carbocycles. The summed E-state index contributed by atoms with van der Waals surface area (Å²) < 4.78 is 13.8. The number of hydrogen-bond acceptors (Lipinski definition) is 2. The Morgan fingerprint density at radius 1 is 1.47 bits per heavy atom. The van der Waals surface area contributed by atoms with Gasteiger partial charge in [0.2, 0.25) is 0 Å². The Hall–Kier alpha value is -0.670. The van der Waals surface area contributed by atoms with Crippen LogP contribution in [-0.4, -0.2) is 17.1 Å². The van der Waals surface area contributed by atoms with Crippen LogP contribution in [0.15, 0.2) is 12.3 Å². The van der Waals surface area contributed by atoms with E-state index in [0.29, 0.717) is 12.1 Å². The summed E-state index contributed by atoms with van der Waals surface area (Å²) >= 11 is 5.69. The molecule has 3 atom stereocenters. The predicted molar refractivity (Wildman–Crippen MR) is 56.5 cm³/mol. The van der Waals surface area contributed by atoms with Gasteiger partial charge in [-0.25, -0.2) is 9.37 Å². The highest BCUT2D eigenvalue weighted by molar-refractivity contribution is 6.29. The van der Waals surface area contributed by atoms with E-state index in [2.05, 4.69) is 10.3 Å². The summed E-state index contributed by atoms with van der Waals surface area (Å²) in [5, 5.41) is 3.49. The minimum absolute atomic E-state index is 0.00438. The summed E-state index contributed by atoms with van der Waals surface area (Å²) in [6, 6.07) is 2.77. The molecule has 1 aromatic rings. The lowest BCUT2D eigenvalue weighted by atomic mass is 9.84. The number of aromatic nitrogens is 1. The molecule has 0 aliphatic carbocycles. The molecule has 15 heavy (non-hydrogen) atoms. The maximum Gasteiger partial charge on any atom is 0.165 e. The fraction of sp³-hybridized carbons (Fsp3) is 0.545. The number of nitrogens with one attached hydrogen (secondary N) is 1. The van der Waals surface area contributed by atoms with Crippen molar-refractivity contribution in [3.05, 3.63) is 28.8 Å². The van der Waals surface area contributed by atoms with Crippen LogP contribution in [0.25, 0.3) is 0 Å². The summed E-state index contributed by atoms with van der Waals surface area (Å²) in [6.07, 6.45) is 4.99. The predicted octanol–water partition coefficient (Wildman–Crippen LogP) is 2.48. The van der Waals surface area contributed by atoms with Crippen molar-refractivity contribution >= 4 is 11.6 Å². The van der Waals surface area contributed by atoms with Crippen molar-refractivity contribution in [1.29, 1.82) is 0 Å². The molecule has 4 heteroatoms. The highest BCUT2D eigenvalue weighted by atomic mass is 35.5. The van der Waals surface area contributed by atoms with Crippen LogP contribution in [0.1, 0.15) is 30.7 Å². The van der Waals surface area contributed by atoms with Crippen molar-refractivity contribution in [2.45, 2.75) is 37.3 Å². The molecule has 2 aliphatic heterocycles. The molecule has 3 heterocycles. The first kappa shape index (κ1) is 9.55. The van der Waals surface area contributed by atoms with Gasteiger partial charge in [-0.3, -0.25) is 0 Å². The van der Waals surface area contributed by atoms with Gasteiger partial charge in [0.15, 0.2) is 11.0 Å². The molecule has 3 rings (SSSR count). The number of fused-ring (bicyclic) bond motifs is 2. The Morgan fingerprint density at radius 2 is 2.33 bits per heavy atom. The molecule has 2 unspecified atom stereocenters. The molecule has 2 nitrogen and oxygen atoms in total. The van der Waals surface area contributed by atoms with Crippen molar-refractivity contribution in [3.8, 4) is 0 Å². The standard InChI is InChI=1S/C11H12ClFN2/c12-11-10(13)7(3-4-14-11)8-5-6-1-2-9(8)15-6/h3-4,6,8-9,15H,1-2,5H2/t6?,8-,9?/m1/s1. The summed E-state index contributed by atoms with van der Waals surface area (Å²) in [5.41, 5.74) is 0.731. The van der Waals surface area contributed by atoms with Crippen molar-refractivity contribution < 1.29 is 4.39 Å². The van der Waals surface area contributed by atoms with Gasteiger partial charge < -0.3 is 5.32 Å². The van der Waals surface area contributed by atoms with Gasteiger partial charge in [-0.1, -0.05) is 11.6 Å². The zero-order chi connectivity index (χ0) is 10.4. The monoisotopic (exact) mass is 226 g/mol. The van der Waals surface area contributed by atoms with E-state index in [1.165, 1.54) is 6.42 Å². The molecule has 2 saturated heterocycles. The van der Waals surface area contributed by atoms with Gasteiger partial charge in [0.1, 0.15) is 0 Å². The minimum Gasteiger partial charge on any atom is -0.311 e. The summed E-state index contributed by atoms with van der Waals surface area (Å²) in [7, 11) is 0. The Morgan fingerprint density at radius 3 is 3.00 bits per heavy atom. The van der Waals surface area contributed by atoms with Crippen LogP contribution >= 0.6 is 11.6 Å². The average molecular weight is 227 g/mol. The second-order valence-corrected chi connectivity index (χ2v) is 4.75. The number of hydrogen-bond donors (Lipinski definition) is 1. The second-order valence-electron chi connectivity index (χ2n) is 4.39. The van der Waals surface area contributed by atoms with Crippen LogP contribution in [0, 0.1) is 5.82 Å². The molecule has 1 aromatic heterocycles. The van der Waals surface area contributed by atoms with Crippen molar-refractivity contribution in [3.63, 3.8) is 0 Å². The SMILES string of the molecule is Fc1c([C@H]2CC3CCC2N3)ccnc1Cl. The van der Waals surface area contributed by atoms with Gasteiger partial charge in [0, 0.05) is 24.2 Å². The topological polar surface area (TPSA) is 24.9 Å². The third kappa shape index (κ3) is 1.45. The zero-order valence-corrected chi connectivity index (χ0v) is 8.97. The van der Waals surface area contributed by atoms with Crippen LogP contribution in [0.4, 0.5) is 4.39 Å². The summed E-state index contributed by atoms with van der Waals surface area (Å²) in [6.45, 7) is 0. The van der Waals surface area contributed by atoms with E-state index < -0.39 is 0 Å². The van der Waals surface area contributed by atoms with Gasteiger partial charge in [-0.15, -0.1) is 0 Å². The quantitative estimate of drug-likeness (QED) is 0.745. The lowest BCUT2D eigenvalue weighted by Crippen LogP contribution is -2.22. The molecule has 0 amide bonds. The molecule has 80 valence electrons. The number of halogens is 2. The van der Waals surface area contributed by atoms with Crippen LogP contribution < -0.4 is 5.32 Å². The van der Waals surface area contributed by atoms with E-state index in [4.69, 9.17) is 11.6 Å². The Balaban J connectivity index is 1.96. The van der Waals surface area contributed by atoms with E-state index >= 15 is 0 Å². The smallest absolute Gasteiger partial charge is 0.165 e. The lowest BCUT2D eigenvalue weighted by Gasteiger charge is -2.20. The molecule has 1 N–H and O–H groups in total. The van der Waals surface area contributed by atoms with Crippen molar-refractivity contribution in [2.75, 3.05) is 0 Å². The van der Waals surface area contributed by atoms with E-state index in [-0.39, 0.29) is 16.9 Å². The summed E-state index contributed by atoms with van der Waals surface area (Å²) in [5.74, 6) is -0.0530. The van der Waals surface area contributed by atoms with E-state index in [9.17, 15) is 4.39 Å². The van der Waals surface area contributed by atoms with E-state index in [0.717, 1.165) is 18.4 Å². The minimum atomic E-state index is -0.335. The molecule has 0 radical (unpaired) electrons. The Kier molecular flexibility index (Phi) is 2.18. The van der Waals surface area contributed by atoms with Crippen LogP contribution in [0.5, 0.6) is 0 Å². The molecule has 0 spiro atoms. The Labute approximate surface area is 92.8 Å². The number of nitrogens with zero attached hydrogens (tertiary/aromatic N) is 1. The highest BCUT2D eigenvalue weighted by Gasteiger charge is 2.40. The van der Waals surface area contributed by atoms with Gasteiger partial charge in [-0.05, 0) is 30.9 Å². The van der Waals surface area contributed by atoms with Crippen molar-refractivity contribution in [1.82, 2.24) is 10.3 Å². The second kappa shape index (κ2) is 3.42. The van der Waals surface area contributed by atoms with Crippen LogP contribution in [-0.2, 0) is 0 Å². The first-order valence-electron chi connectivity index (χ1n) is 5.31. The lowest BCUT2D eigenvalue weighted by molar-refractivity contribution is 0.481. The molecule has 2 aliphatic rings. The number of rotatable bonds is 1. The van der Waals surface area contributed by atoms with E-state index in [1.807, 2.05) is 0 Å². The highest BCUT2D eigenvalue weighted by Crippen LogP contribution is 2.41. The normalized spacial score (nSPS) is 33.6.